The van der Waals surface area contributed by atoms with Gasteiger partial charge >= 0.3 is 0 Å². The van der Waals surface area contributed by atoms with Crippen LogP contribution in [0.25, 0.3) is 11.0 Å². The molecule has 1 saturated heterocycles. The maximum atomic E-state index is 10.1. The molecular weight excluding hydrogens is 338 g/mol. The van der Waals surface area contributed by atoms with E-state index in [2.05, 4.69) is 24.2 Å². The standard InChI is InChI=1S/C19H19NO2S2/c1-12-11-16(21)13(2)10-15(12)19(23-8-5-9-24-19)18-14-6-3-4-7-17(14)22-20-18/h3-4,6-7,10-11,21H,5,8-9H2,1-2H3. The van der Waals surface area contributed by atoms with Crippen molar-refractivity contribution in [3.05, 3.63) is 58.8 Å². The van der Waals surface area contributed by atoms with Gasteiger partial charge in [-0.05, 0) is 72.7 Å². The van der Waals surface area contributed by atoms with Crippen molar-refractivity contribution < 1.29 is 9.63 Å². The Morgan fingerprint density at radius 3 is 2.62 bits per heavy atom. The first kappa shape index (κ1) is 15.9. The summed E-state index contributed by atoms with van der Waals surface area (Å²) in [5.41, 5.74) is 5.01. The van der Waals surface area contributed by atoms with Crippen molar-refractivity contribution in [1.29, 1.82) is 0 Å². The van der Waals surface area contributed by atoms with E-state index >= 15 is 0 Å². The van der Waals surface area contributed by atoms with Crippen LogP contribution >= 0.6 is 23.5 Å². The second-order valence-corrected chi connectivity index (χ2v) is 9.03. The van der Waals surface area contributed by atoms with E-state index < -0.39 is 0 Å². The fraction of sp³-hybridized carbons (Fsp3) is 0.316. The number of aryl methyl sites for hydroxylation is 2. The number of nitrogens with zero attached hydrogens (tertiary/aromatic N) is 1. The molecular formula is C19H19NO2S2. The fourth-order valence-electron chi connectivity index (χ4n) is 3.23. The van der Waals surface area contributed by atoms with Crippen molar-refractivity contribution in [2.45, 2.75) is 24.3 Å². The summed E-state index contributed by atoms with van der Waals surface area (Å²) in [4.78, 5) is 0. The van der Waals surface area contributed by atoms with Gasteiger partial charge in [0.15, 0.2) is 5.58 Å². The SMILES string of the molecule is Cc1cc(C2(c3noc4ccccc34)SCCCS2)c(C)cc1O. The van der Waals surface area contributed by atoms with Crippen LogP contribution in [-0.2, 0) is 4.08 Å². The highest BCUT2D eigenvalue weighted by Crippen LogP contribution is 2.57. The summed E-state index contributed by atoms with van der Waals surface area (Å²) in [7, 11) is 0. The third-order valence-electron chi connectivity index (χ3n) is 4.49. The lowest BCUT2D eigenvalue weighted by atomic mass is 9.98. The van der Waals surface area contributed by atoms with Gasteiger partial charge < -0.3 is 9.63 Å². The van der Waals surface area contributed by atoms with Gasteiger partial charge in [0.05, 0.1) is 0 Å². The van der Waals surface area contributed by atoms with Gasteiger partial charge in [0.25, 0.3) is 0 Å². The molecule has 1 fully saturated rings. The molecule has 3 aromatic rings. The Morgan fingerprint density at radius 1 is 1.08 bits per heavy atom. The summed E-state index contributed by atoms with van der Waals surface area (Å²) in [6, 6.07) is 12.0. The molecule has 0 amide bonds. The molecule has 3 nitrogen and oxygen atoms in total. The van der Waals surface area contributed by atoms with Crippen LogP contribution in [0.4, 0.5) is 0 Å². The number of thioether (sulfide) groups is 2. The molecule has 1 aliphatic heterocycles. The minimum absolute atomic E-state index is 0.284. The Morgan fingerprint density at radius 2 is 1.83 bits per heavy atom. The van der Waals surface area contributed by atoms with E-state index in [-0.39, 0.29) is 4.08 Å². The van der Waals surface area contributed by atoms with E-state index in [1.807, 2.05) is 54.7 Å². The highest BCUT2D eigenvalue weighted by Gasteiger charge is 2.43. The quantitative estimate of drug-likeness (QED) is 0.681. The summed E-state index contributed by atoms with van der Waals surface area (Å²) < 4.78 is 5.33. The van der Waals surface area contributed by atoms with E-state index in [0.717, 1.165) is 39.3 Å². The highest BCUT2D eigenvalue weighted by atomic mass is 32.2. The zero-order valence-electron chi connectivity index (χ0n) is 13.7. The molecule has 1 N–H and O–H groups in total. The van der Waals surface area contributed by atoms with Crippen molar-refractivity contribution in [2.75, 3.05) is 11.5 Å². The molecule has 0 spiro atoms. The lowest BCUT2D eigenvalue weighted by Gasteiger charge is -2.36. The predicted octanol–water partition coefficient (Wildman–Crippen LogP) is 5.22. The minimum Gasteiger partial charge on any atom is -0.508 e. The summed E-state index contributed by atoms with van der Waals surface area (Å²) >= 11 is 3.85. The first-order valence-electron chi connectivity index (χ1n) is 8.05. The lowest BCUT2D eigenvalue weighted by Crippen LogP contribution is -2.26. The average Bonchev–Trinajstić information content (AvgIpc) is 3.03. The van der Waals surface area contributed by atoms with Crippen LogP contribution in [0.1, 0.15) is 28.8 Å². The zero-order chi connectivity index (χ0) is 16.7. The van der Waals surface area contributed by atoms with Gasteiger partial charge in [0.2, 0.25) is 0 Å². The van der Waals surface area contributed by atoms with E-state index in [9.17, 15) is 5.11 Å². The first-order chi connectivity index (χ1) is 11.6. The van der Waals surface area contributed by atoms with Crippen molar-refractivity contribution in [3.63, 3.8) is 0 Å². The third-order valence-corrected chi connectivity index (χ3v) is 7.82. The lowest BCUT2D eigenvalue weighted by molar-refractivity contribution is 0.445. The summed E-state index contributed by atoms with van der Waals surface area (Å²) in [6.45, 7) is 4.01. The van der Waals surface area contributed by atoms with E-state index in [0.29, 0.717) is 5.75 Å². The summed E-state index contributed by atoms with van der Waals surface area (Å²) in [5, 5.41) is 15.6. The monoisotopic (exact) mass is 357 g/mol. The number of para-hydroxylation sites is 1. The number of benzene rings is 2. The van der Waals surface area contributed by atoms with Crippen LogP contribution in [0, 0.1) is 13.8 Å². The molecule has 4 rings (SSSR count). The number of aromatic hydroxyl groups is 1. The van der Waals surface area contributed by atoms with Gasteiger partial charge in [-0.2, -0.15) is 0 Å². The summed E-state index contributed by atoms with van der Waals surface area (Å²) in [5.74, 6) is 2.53. The number of hydrogen-bond acceptors (Lipinski definition) is 5. The third kappa shape index (κ3) is 2.42. The van der Waals surface area contributed by atoms with Gasteiger partial charge in [0, 0.05) is 5.39 Å². The van der Waals surface area contributed by atoms with E-state index in [1.54, 1.807) is 0 Å². The van der Waals surface area contributed by atoms with Gasteiger partial charge in [0.1, 0.15) is 15.5 Å². The Labute approximate surface area is 149 Å². The van der Waals surface area contributed by atoms with Crippen molar-refractivity contribution in [1.82, 2.24) is 5.16 Å². The molecule has 0 aliphatic carbocycles. The van der Waals surface area contributed by atoms with Crippen molar-refractivity contribution in [3.8, 4) is 5.75 Å². The number of phenols is 1. The Balaban J connectivity index is 1.99. The van der Waals surface area contributed by atoms with E-state index in [1.165, 1.54) is 12.0 Å². The zero-order valence-corrected chi connectivity index (χ0v) is 15.3. The molecule has 0 atom stereocenters. The number of phenolic OH excluding ortho intramolecular Hbond substituents is 1. The van der Waals surface area contributed by atoms with Crippen LogP contribution in [-0.4, -0.2) is 21.8 Å². The fourth-order valence-corrected chi connectivity index (χ4v) is 6.72. The topological polar surface area (TPSA) is 46.3 Å². The molecule has 24 heavy (non-hydrogen) atoms. The highest BCUT2D eigenvalue weighted by molar-refractivity contribution is 8.18. The molecule has 2 aromatic carbocycles. The second kappa shape index (κ2) is 6.05. The van der Waals surface area contributed by atoms with Crippen LogP contribution in [0.3, 0.4) is 0 Å². The molecule has 1 aromatic heterocycles. The largest absolute Gasteiger partial charge is 0.508 e. The van der Waals surface area contributed by atoms with Crippen molar-refractivity contribution >= 4 is 34.5 Å². The van der Waals surface area contributed by atoms with Gasteiger partial charge in [-0.15, -0.1) is 23.5 Å². The molecule has 0 bridgehead atoms. The smallest absolute Gasteiger partial charge is 0.167 e. The Kier molecular flexibility index (Phi) is 4.01. The molecule has 1 aliphatic rings. The average molecular weight is 358 g/mol. The van der Waals surface area contributed by atoms with Gasteiger partial charge in [-0.1, -0.05) is 17.3 Å². The number of aromatic nitrogens is 1. The maximum Gasteiger partial charge on any atom is 0.167 e. The van der Waals surface area contributed by atoms with Crippen molar-refractivity contribution in [2.24, 2.45) is 0 Å². The van der Waals surface area contributed by atoms with Crippen LogP contribution in [0.15, 0.2) is 40.9 Å². The molecule has 2 heterocycles. The molecule has 5 heteroatoms. The van der Waals surface area contributed by atoms with E-state index in [4.69, 9.17) is 4.52 Å². The number of fused-ring (bicyclic) bond motifs is 1. The molecule has 0 saturated carbocycles. The number of hydrogen-bond donors (Lipinski definition) is 1. The Hall–Kier alpha value is -1.59. The second-order valence-electron chi connectivity index (χ2n) is 6.15. The van der Waals surface area contributed by atoms with Gasteiger partial charge in [-0.3, -0.25) is 0 Å². The predicted molar refractivity (Wildman–Crippen MR) is 102 cm³/mol. The maximum absolute atomic E-state index is 10.1. The van der Waals surface area contributed by atoms with Gasteiger partial charge in [-0.25, -0.2) is 0 Å². The summed E-state index contributed by atoms with van der Waals surface area (Å²) in [6.07, 6.45) is 1.20. The van der Waals surface area contributed by atoms with Crippen LogP contribution in [0.2, 0.25) is 0 Å². The first-order valence-corrected chi connectivity index (χ1v) is 10.0. The van der Waals surface area contributed by atoms with Crippen LogP contribution in [0.5, 0.6) is 5.75 Å². The molecule has 0 radical (unpaired) electrons. The van der Waals surface area contributed by atoms with Crippen LogP contribution < -0.4 is 0 Å². The number of rotatable bonds is 2. The minimum atomic E-state index is -0.284. The molecule has 0 unspecified atom stereocenters. The molecule has 124 valence electrons. The Bertz CT molecular complexity index is 898. The normalized spacial score (nSPS) is 17.2.